The number of esters is 1. The maximum absolute atomic E-state index is 12.3. The molecular weight excluding hydrogens is 318 g/mol. The van der Waals surface area contributed by atoms with E-state index in [1.807, 2.05) is 24.3 Å². The van der Waals surface area contributed by atoms with E-state index < -0.39 is 5.97 Å². The van der Waals surface area contributed by atoms with Gasteiger partial charge < -0.3 is 14.1 Å². The van der Waals surface area contributed by atoms with Crippen LogP contribution in [0.1, 0.15) is 43.2 Å². The van der Waals surface area contributed by atoms with Crippen molar-refractivity contribution in [1.29, 1.82) is 0 Å². The molecule has 1 aliphatic rings. The van der Waals surface area contributed by atoms with Gasteiger partial charge in [-0.2, -0.15) is 0 Å². The van der Waals surface area contributed by atoms with Crippen LogP contribution in [0.2, 0.25) is 0 Å². The van der Waals surface area contributed by atoms with E-state index >= 15 is 0 Å². The molecule has 3 heterocycles. The first-order valence-corrected chi connectivity index (χ1v) is 8.89. The van der Waals surface area contributed by atoms with Gasteiger partial charge in [-0.15, -0.1) is 0 Å². The molecule has 0 aliphatic carbocycles. The van der Waals surface area contributed by atoms with Gasteiger partial charge in [0, 0.05) is 18.5 Å². The van der Waals surface area contributed by atoms with Crippen LogP contribution < -0.4 is 4.90 Å². The van der Waals surface area contributed by atoms with Crippen LogP contribution in [0.25, 0.3) is 22.1 Å². The summed E-state index contributed by atoms with van der Waals surface area (Å²) in [5, 5.41) is 0.890. The summed E-state index contributed by atoms with van der Waals surface area (Å²) in [5.74, 6) is 0.303. The topological polar surface area (TPSA) is 68.5 Å². The van der Waals surface area contributed by atoms with Crippen LogP contribution in [0, 0.1) is 0 Å². The lowest BCUT2D eigenvalue weighted by Gasteiger charge is -2.21. The van der Waals surface area contributed by atoms with Crippen molar-refractivity contribution >= 4 is 33.9 Å². The van der Waals surface area contributed by atoms with Gasteiger partial charge in [0.1, 0.15) is 11.1 Å². The molecular formula is C19H21N3O3. The van der Waals surface area contributed by atoms with Crippen LogP contribution in [-0.2, 0) is 4.74 Å². The Bertz CT molecular complexity index is 911. The van der Waals surface area contributed by atoms with Gasteiger partial charge in [0.15, 0.2) is 11.4 Å². The maximum atomic E-state index is 12.3. The minimum atomic E-state index is -0.495. The van der Waals surface area contributed by atoms with E-state index in [9.17, 15) is 4.79 Å². The Balaban J connectivity index is 1.92. The summed E-state index contributed by atoms with van der Waals surface area (Å²) < 4.78 is 11.2. The predicted octanol–water partition coefficient (Wildman–Crippen LogP) is 3.93. The lowest BCUT2D eigenvalue weighted by Crippen LogP contribution is -2.26. The highest BCUT2D eigenvalue weighted by Crippen LogP contribution is 2.33. The number of ether oxygens (including phenoxy) is 1. The molecule has 2 aromatic heterocycles. The largest absolute Gasteiger partial charge is 0.460 e. The Morgan fingerprint density at radius 3 is 2.68 bits per heavy atom. The highest BCUT2D eigenvalue weighted by atomic mass is 16.5. The number of furan rings is 1. The van der Waals surface area contributed by atoms with Crippen LogP contribution in [-0.4, -0.2) is 35.6 Å². The van der Waals surface area contributed by atoms with Crippen molar-refractivity contribution in [2.24, 2.45) is 0 Å². The lowest BCUT2D eigenvalue weighted by molar-refractivity contribution is 0.0512. The third-order valence-corrected chi connectivity index (χ3v) is 4.57. The monoisotopic (exact) mass is 339 g/mol. The van der Waals surface area contributed by atoms with Crippen LogP contribution >= 0.6 is 0 Å². The molecule has 0 unspecified atom stereocenters. The summed E-state index contributed by atoms with van der Waals surface area (Å²) in [7, 11) is 0. The Kier molecular flexibility index (Phi) is 4.26. The predicted molar refractivity (Wildman–Crippen MR) is 95.9 cm³/mol. The molecule has 0 atom stereocenters. The van der Waals surface area contributed by atoms with Gasteiger partial charge >= 0.3 is 5.97 Å². The fourth-order valence-corrected chi connectivity index (χ4v) is 3.36. The Morgan fingerprint density at radius 1 is 1.16 bits per heavy atom. The SMILES string of the molecule is CCOC(=O)c1nc(N2CCCCCC2)c2oc3ccccc3c2n1. The second kappa shape index (κ2) is 6.70. The van der Waals surface area contributed by atoms with Crippen molar-refractivity contribution in [1.82, 2.24) is 9.97 Å². The van der Waals surface area contributed by atoms with Crippen molar-refractivity contribution < 1.29 is 13.9 Å². The molecule has 0 radical (unpaired) electrons. The zero-order valence-electron chi connectivity index (χ0n) is 14.3. The Morgan fingerprint density at radius 2 is 1.92 bits per heavy atom. The number of carbonyl (C=O) groups excluding carboxylic acids is 1. The summed E-state index contributed by atoms with van der Waals surface area (Å²) in [6, 6.07) is 7.73. The van der Waals surface area contributed by atoms with Crippen LogP contribution in [0.3, 0.4) is 0 Å². The van der Waals surface area contributed by atoms with E-state index in [1.165, 1.54) is 12.8 Å². The first-order valence-electron chi connectivity index (χ1n) is 8.89. The summed E-state index contributed by atoms with van der Waals surface area (Å²) in [5.41, 5.74) is 2.08. The number of benzene rings is 1. The molecule has 0 N–H and O–H groups in total. The Labute approximate surface area is 145 Å². The Hall–Kier alpha value is -2.63. The van der Waals surface area contributed by atoms with Crippen molar-refractivity contribution in [3.63, 3.8) is 0 Å². The number of hydrogen-bond donors (Lipinski definition) is 0. The molecule has 6 heteroatoms. The molecule has 6 nitrogen and oxygen atoms in total. The van der Waals surface area contributed by atoms with Gasteiger partial charge in [0.2, 0.25) is 5.82 Å². The fraction of sp³-hybridized carbons (Fsp3) is 0.421. The highest BCUT2D eigenvalue weighted by molar-refractivity contribution is 6.07. The number of para-hydroxylation sites is 1. The number of aromatic nitrogens is 2. The smallest absolute Gasteiger partial charge is 0.376 e. The highest BCUT2D eigenvalue weighted by Gasteiger charge is 2.23. The average molecular weight is 339 g/mol. The fourth-order valence-electron chi connectivity index (χ4n) is 3.36. The molecule has 4 rings (SSSR count). The number of nitrogens with zero attached hydrogens (tertiary/aromatic N) is 3. The zero-order valence-corrected chi connectivity index (χ0v) is 14.3. The van der Waals surface area contributed by atoms with E-state index in [2.05, 4.69) is 14.9 Å². The summed E-state index contributed by atoms with van der Waals surface area (Å²) >= 11 is 0. The van der Waals surface area contributed by atoms with E-state index in [4.69, 9.17) is 9.15 Å². The number of hydrogen-bond acceptors (Lipinski definition) is 6. The molecule has 3 aromatic rings. The van der Waals surface area contributed by atoms with Crippen molar-refractivity contribution in [2.75, 3.05) is 24.6 Å². The van der Waals surface area contributed by atoms with Crippen LogP contribution in [0.15, 0.2) is 28.7 Å². The molecule has 1 aliphatic heterocycles. The number of fused-ring (bicyclic) bond motifs is 3. The second-order valence-corrected chi connectivity index (χ2v) is 6.27. The number of anilines is 1. The third kappa shape index (κ3) is 2.92. The summed E-state index contributed by atoms with van der Waals surface area (Å²) in [6.45, 7) is 3.89. The first-order chi connectivity index (χ1) is 12.3. The summed E-state index contributed by atoms with van der Waals surface area (Å²) in [6.07, 6.45) is 4.66. The zero-order chi connectivity index (χ0) is 17.2. The summed E-state index contributed by atoms with van der Waals surface area (Å²) in [4.78, 5) is 23.4. The standard InChI is InChI=1S/C19H21N3O3/c1-2-24-19(23)17-20-15-13-9-5-6-10-14(13)25-16(15)18(21-17)22-11-7-3-4-8-12-22/h5-6,9-10H,2-4,7-8,11-12H2,1H3. The minimum absolute atomic E-state index is 0.0974. The molecule has 1 aromatic carbocycles. The second-order valence-electron chi connectivity index (χ2n) is 6.27. The molecule has 1 fully saturated rings. The van der Waals surface area contributed by atoms with E-state index in [0.717, 1.165) is 36.9 Å². The third-order valence-electron chi connectivity index (χ3n) is 4.57. The molecule has 25 heavy (non-hydrogen) atoms. The van der Waals surface area contributed by atoms with E-state index in [-0.39, 0.29) is 5.82 Å². The van der Waals surface area contributed by atoms with Gasteiger partial charge in [-0.25, -0.2) is 14.8 Å². The molecule has 0 saturated carbocycles. The van der Waals surface area contributed by atoms with Gasteiger partial charge in [-0.3, -0.25) is 0 Å². The average Bonchev–Trinajstić information content (AvgIpc) is 2.80. The quantitative estimate of drug-likeness (QED) is 0.673. The van der Waals surface area contributed by atoms with E-state index in [0.29, 0.717) is 23.5 Å². The lowest BCUT2D eigenvalue weighted by atomic mass is 10.2. The molecule has 1 saturated heterocycles. The van der Waals surface area contributed by atoms with Crippen molar-refractivity contribution in [3.8, 4) is 0 Å². The van der Waals surface area contributed by atoms with Crippen molar-refractivity contribution in [3.05, 3.63) is 30.1 Å². The number of carbonyl (C=O) groups is 1. The molecule has 0 bridgehead atoms. The molecule has 0 amide bonds. The van der Waals surface area contributed by atoms with Gasteiger partial charge in [-0.1, -0.05) is 25.0 Å². The van der Waals surface area contributed by atoms with Gasteiger partial charge in [-0.05, 0) is 31.9 Å². The molecule has 130 valence electrons. The number of rotatable bonds is 3. The maximum Gasteiger partial charge on any atom is 0.376 e. The van der Waals surface area contributed by atoms with E-state index in [1.54, 1.807) is 6.92 Å². The van der Waals surface area contributed by atoms with Crippen LogP contribution in [0.4, 0.5) is 5.82 Å². The van der Waals surface area contributed by atoms with Gasteiger partial charge in [0.05, 0.1) is 6.61 Å². The minimum Gasteiger partial charge on any atom is -0.460 e. The first kappa shape index (κ1) is 15.9. The molecule has 0 spiro atoms. The van der Waals surface area contributed by atoms with Crippen LogP contribution in [0.5, 0.6) is 0 Å². The normalized spacial score (nSPS) is 15.5. The van der Waals surface area contributed by atoms with Gasteiger partial charge in [0.25, 0.3) is 0 Å². The van der Waals surface area contributed by atoms with Crippen molar-refractivity contribution in [2.45, 2.75) is 32.6 Å².